The Bertz CT molecular complexity index is 612. The molecule has 0 bridgehead atoms. The van der Waals surface area contributed by atoms with Gasteiger partial charge >= 0.3 is 6.03 Å². The van der Waals surface area contributed by atoms with Crippen LogP contribution in [0.2, 0.25) is 0 Å². The van der Waals surface area contributed by atoms with Crippen molar-refractivity contribution in [2.75, 3.05) is 33.2 Å². The molecular formula is C19H33ClN4O3. The smallest absolute Gasteiger partial charge is 0.325 e. The Labute approximate surface area is 168 Å². The Morgan fingerprint density at radius 2 is 2.00 bits per heavy atom. The van der Waals surface area contributed by atoms with Crippen LogP contribution in [0.15, 0.2) is 0 Å². The number of halogens is 1. The molecule has 4 amide bonds. The number of hydrogen-bond donors (Lipinski definition) is 2. The number of carbonyl (C=O) groups is 3. The second-order valence-electron chi connectivity index (χ2n) is 9.31. The van der Waals surface area contributed by atoms with Crippen molar-refractivity contribution in [2.24, 2.45) is 17.3 Å². The molecule has 2 heterocycles. The van der Waals surface area contributed by atoms with Gasteiger partial charge in [0.1, 0.15) is 12.1 Å². The zero-order chi connectivity index (χ0) is 19.1. The maximum absolute atomic E-state index is 13.1. The highest BCUT2D eigenvalue weighted by Gasteiger charge is 2.56. The third-order valence-electron chi connectivity index (χ3n) is 6.05. The fourth-order valence-corrected chi connectivity index (χ4v) is 5.40. The monoisotopic (exact) mass is 400 g/mol. The highest BCUT2D eigenvalue weighted by atomic mass is 35.5. The Kier molecular flexibility index (Phi) is 6.47. The van der Waals surface area contributed by atoms with Crippen LogP contribution in [0.4, 0.5) is 4.79 Å². The molecule has 27 heavy (non-hydrogen) atoms. The summed E-state index contributed by atoms with van der Waals surface area (Å²) in [7, 11) is 1.91. The summed E-state index contributed by atoms with van der Waals surface area (Å²) in [6.07, 6.45) is 3.28. The van der Waals surface area contributed by atoms with Gasteiger partial charge in [-0.05, 0) is 56.5 Å². The van der Waals surface area contributed by atoms with Crippen molar-refractivity contribution in [1.29, 1.82) is 0 Å². The fraction of sp³-hybridized carbons (Fsp3) is 0.842. The van der Waals surface area contributed by atoms with Crippen molar-refractivity contribution >= 4 is 30.3 Å². The van der Waals surface area contributed by atoms with Gasteiger partial charge in [-0.15, -0.1) is 12.4 Å². The topological polar surface area (TPSA) is 81.8 Å². The van der Waals surface area contributed by atoms with Gasteiger partial charge < -0.3 is 15.5 Å². The van der Waals surface area contributed by atoms with Crippen molar-refractivity contribution in [2.45, 2.75) is 52.0 Å². The minimum Gasteiger partial charge on any atom is -0.341 e. The second kappa shape index (κ2) is 7.95. The van der Waals surface area contributed by atoms with Crippen LogP contribution < -0.4 is 10.6 Å². The lowest BCUT2D eigenvalue weighted by molar-refractivity contribution is -0.140. The summed E-state index contributed by atoms with van der Waals surface area (Å²) in [6, 6.07) is -0.417. The molecule has 0 aromatic rings. The number of amides is 4. The number of likely N-dealkylation sites (tertiary alicyclic amines) is 1. The molecule has 7 nitrogen and oxygen atoms in total. The number of nitrogens with one attached hydrogen (secondary N) is 2. The number of rotatable bonds is 4. The lowest BCUT2D eigenvalue weighted by Gasteiger charge is -2.43. The largest absolute Gasteiger partial charge is 0.341 e. The zero-order valence-corrected chi connectivity index (χ0v) is 17.7. The van der Waals surface area contributed by atoms with Crippen molar-refractivity contribution < 1.29 is 14.4 Å². The molecule has 0 radical (unpaired) electrons. The molecular weight excluding hydrogens is 368 g/mol. The molecule has 154 valence electrons. The lowest BCUT2D eigenvalue weighted by atomic mass is 9.64. The Hall–Kier alpha value is -1.34. The van der Waals surface area contributed by atoms with E-state index in [1.807, 2.05) is 7.05 Å². The van der Waals surface area contributed by atoms with Gasteiger partial charge in [-0.25, -0.2) is 4.79 Å². The first-order valence-corrected chi connectivity index (χ1v) is 9.72. The van der Waals surface area contributed by atoms with Gasteiger partial charge in [0, 0.05) is 13.1 Å². The maximum atomic E-state index is 13.1. The minimum absolute atomic E-state index is 0. The van der Waals surface area contributed by atoms with Gasteiger partial charge in [-0.3, -0.25) is 14.5 Å². The zero-order valence-electron chi connectivity index (χ0n) is 16.8. The van der Waals surface area contributed by atoms with Gasteiger partial charge in [-0.1, -0.05) is 20.8 Å². The molecule has 8 heteroatoms. The summed E-state index contributed by atoms with van der Waals surface area (Å²) in [5.41, 5.74) is -0.839. The fourth-order valence-electron chi connectivity index (χ4n) is 5.40. The molecule has 1 aliphatic carbocycles. The standard InChI is InChI=1S/C19H32N4O3.ClH/c1-13-7-18(2,3)12-19(8-13)16(25)23(17(26)21-19)11-15(24)22-6-5-14(10-22)9-20-4;/h13-14,20H,5-12H2,1-4H3,(H,21,26);1H. The van der Waals surface area contributed by atoms with E-state index in [0.29, 0.717) is 37.8 Å². The number of nitrogens with zero attached hydrogens (tertiary/aromatic N) is 2. The first kappa shape index (κ1) is 22.0. The third kappa shape index (κ3) is 4.40. The Morgan fingerprint density at radius 1 is 1.30 bits per heavy atom. The summed E-state index contributed by atoms with van der Waals surface area (Å²) in [4.78, 5) is 41.2. The van der Waals surface area contributed by atoms with E-state index >= 15 is 0 Å². The van der Waals surface area contributed by atoms with Gasteiger partial charge in [-0.2, -0.15) is 0 Å². The molecule has 2 aliphatic heterocycles. The summed E-state index contributed by atoms with van der Waals surface area (Å²) >= 11 is 0. The van der Waals surface area contributed by atoms with Crippen molar-refractivity contribution in [3.05, 3.63) is 0 Å². The van der Waals surface area contributed by atoms with Gasteiger partial charge in [0.05, 0.1) is 0 Å². The first-order valence-electron chi connectivity index (χ1n) is 9.72. The molecule has 3 atom stereocenters. The van der Waals surface area contributed by atoms with Crippen molar-refractivity contribution in [1.82, 2.24) is 20.4 Å². The van der Waals surface area contributed by atoms with E-state index in [1.54, 1.807) is 4.90 Å². The van der Waals surface area contributed by atoms with Gasteiger partial charge in [0.25, 0.3) is 5.91 Å². The lowest BCUT2D eigenvalue weighted by Crippen LogP contribution is -2.54. The summed E-state index contributed by atoms with van der Waals surface area (Å²) < 4.78 is 0. The molecule has 3 unspecified atom stereocenters. The molecule has 0 aromatic carbocycles. The molecule has 0 aromatic heterocycles. The van der Waals surface area contributed by atoms with Crippen LogP contribution in [-0.2, 0) is 9.59 Å². The van der Waals surface area contributed by atoms with E-state index in [2.05, 4.69) is 31.4 Å². The average molecular weight is 401 g/mol. The van der Waals surface area contributed by atoms with E-state index in [-0.39, 0.29) is 36.2 Å². The Morgan fingerprint density at radius 3 is 2.63 bits per heavy atom. The van der Waals surface area contributed by atoms with Crippen LogP contribution in [0.3, 0.4) is 0 Å². The molecule has 3 aliphatic rings. The van der Waals surface area contributed by atoms with Crippen molar-refractivity contribution in [3.63, 3.8) is 0 Å². The normalized spacial score (nSPS) is 32.6. The molecule has 2 saturated heterocycles. The Balaban J connectivity index is 0.00000261. The van der Waals surface area contributed by atoms with Crippen LogP contribution in [-0.4, -0.2) is 66.4 Å². The number of hydrogen-bond acceptors (Lipinski definition) is 4. The summed E-state index contributed by atoms with van der Waals surface area (Å²) in [6.45, 7) is 8.54. The van der Waals surface area contributed by atoms with Crippen molar-refractivity contribution in [3.8, 4) is 0 Å². The van der Waals surface area contributed by atoms with Crippen LogP contribution in [0.1, 0.15) is 46.5 Å². The van der Waals surface area contributed by atoms with E-state index in [9.17, 15) is 14.4 Å². The minimum atomic E-state index is -0.835. The molecule has 2 N–H and O–H groups in total. The predicted octanol–water partition coefficient (Wildman–Crippen LogP) is 1.61. The van der Waals surface area contributed by atoms with Gasteiger partial charge in [0.2, 0.25) is 5.91 Å². The maximum Gasteiger partial charge on any atom is 0.325 e. The number of carbonyl (C=O) groups excluding carboxylic acids is 3. The SMILES string of the molecule is CNCC1CCN(C(=O)CN2C(=O)NC3(CC(C)CC(C)(C)C3)C2=O)C1.Cl. The third-order valence-corrected chi connectivity index (χ3v) is 6.05. The second-order valence-corrected chi connectivity index (χ2v) is 9.31. The quantitative estimate of drug-likeness (QED) is 0.702. The molecule has 1 saturated carbocycles. The first-order chi connectivity index (χ1) is 12.2. The van der Waals surface area contributed by atoms with Crippen LogP contribution >= 0.6 is 12.4 Å². The van der Waals surface area contributed by atoms with Crippen LogP contribution in [0.25, 0.3) is 0 Å². The summed E-state index contributed by atoms with van der Waals surface area (Å²) in [5.74, 6) is 0.451. The predicted molar refractivity (Wildman–Crippen MR) is 106 cm³/mol. The molecule has 3 rings (SSSR count). The van der Waals surface area contributed by atoms with E-state index in [0.717, 1.165) is 24.3 Å². The highest BCUT2D eigenvalue weighted by molar-refractivity contribution is 6.09. The van der Waals surface area contributed by atoms with Crippen LogP contribution in [0.5, 0.6) is 0 Å². The molecule has 1 spiro atoms. The van der Waals surface area contributed by atoms with E-state index in [1.165, 1.54) is 0 Å². The number of imide groups is 1. The van der Waals surface area contributed by atoms with Gasteiger partial charge in [0.15, 0.2) is 0 Å². The number of urea groups is 1. The van der Waals surface area contributed by atoms with E-state index in [4.69, 9.17) is 0 Å². The van der Waals surface area contributed by atoms with E-state index < -0.39 is 11.6 Å². The van der Waals surface area contributed by atoms with Crippen LogP contribution in [0, 0.1) is 17.3 Å². The molecule has 3 fully saturated rings. The summed E-state index contributed by atoms with van der Waals surface area (Å²) in [5, 5.41) is 6.08. The highest BCUT2D eigenvalue weighted by Crippen LogP contribution is 2.46. The average Bonchev–Trinajstić information content (AvgIpc) is 3.05.